The van der Waals surface area contributed by atoms with Crippen molar-refractivity contribution in [3.63, 3.8) is 0 Å². The molecule has 0 aliphatic carbocycles. The number of nitrogens with zero attached hydrogens (tertiary/aromatic N) is 2. The minimum atomic E-state index is -0.425. The fraction of sp³-hybridized carbons (Fsp3) is 0.412. The van der Waals surface area contributed by atoms with Gasteiger partial charge in [0.25, 0.3) is 0 Å². The molecule has 1 atom stereocenters. The third-order valence-electron chi connectivity index (χ3n) is 4.09. The number of aryl methyl sites for hydroxylation is 1. The number of nitrogens with one attached hydrogen (secondary N) is 2. The zero-order chi connectivity index (χ0) is 18.7. The molecule has 1 aliphatic heterocycles. The highest BCUT2D eigenvalue weighted by atomic mass is 16.5. The number of hydrogen-bond donors (Lipinski definition) is 2. The fourth-order valence-electron chi connectivity index (χ4n) is 2.96. The summed E-state index contributed by atoms with van der Waals surface area (Å²) in [5, 5.41) is 9.80. The van der Waals surface area contributed by atoms with Crippen LogP contribution in [0.3, 0.4) is 0 Å². The Bertz CT molecular complexity index is 825. The molecule has 0 saturated carbocycles. The number of rotatable bonds is 6. The zero-order valence-electron chi connectivity index (χ0n) is 14.6. The zero-order valence-corrected chi connectivity index (χ0v) is 14.6. The summed E-state index contributed by atoms with van der Waals surface area (Å²) in [6.45, 7) is 1.99. The van der Waals surface area contributed by atoms with Crippen LogP contribution in [0.5, 0.6) is 0 Å². The maximum atomic E-state index is 12.2. The molecule has 3 heterocycles. The van der Waals surface area contributed by atoms with Crippen molar-refractivity contribution in [2.24, 2.45) is 7.05 Å². The van der Waals surface area contributed by atoms with E-state index in [1.165, 1.54) is 10.9 Å². The number of hydrogen-bond acceptors (Lipinski definition) is 6. The predicted molar refractivity (Wildman–Crippen MR) is 91.5 cm³/mol. The maximum absolute atomic E-state index is 12.2. The largest absolute Gasteiger partial charge is 0.469 e. The first-order chi connectivity index (χ1) is 12.5. The van der Waals surface area contributed by atoms with E-state index in [2.05, 4.69) is 15.7 Å². The highest BCUT2D eigenvalue weighted by Crippen LogP contribution is 2.41. The lowest BCUT2D eigenvalue weighted by molar-refractivity contribution is -0.144. The lowest BCUT2D eigenvalue weighted by atomic mass is 9.91. The number of aromatic nitrogens is 2. The molecule has 9 nitrogen and oxygen atoms in total. The molecule has 2 amide bonds. The first-order valence-corrected chi connectivity index (χ1v) is 8.35. The van der Waals surface area contributed by atoms with Crippen molar-refractivity contribution in [3.05, 3.63) is 29.7 Å². The molecule has 0 aromatic carbocycles. The lowest BCUT2D eigenvalue weighted by Crippen LogP contribution is -2.25. The Morgan fingerprint density at radius 3 is 2.96 bits per heavy atom. The van der Waals surface area contributed by atoms with Crippen molar-refractivity contribution in [2.45, 2.75) is 32.1 Å². The summed E-state index contributed by atoms with van der Waals surface area (Å²) in [6.07, 6.45) is 1.71. The highest BCUT2D eigenvalue weighted by molar-refractivity contribution is 5.98. The van der Waals surface area contributed by atoms with E-state index in [4.69, 9.17) is 9.15 Å². The van der Waals surface area contributed by atoms with Gasteiger partial charge in [0, 0.05) is 19.9 Å². The Morgan fingerprint density at radius 2 is 2.27 bits per heavy atom. The molecule has 2 aromatic heterocycles. The van der Waals surface area contributed by atoms with Crippen molar-refractivity contribution in [2.75, 3.05) is 17.2 Å². The number of furan rings is 1. The van der Waals surface area contributed by atoms with Crippen LogP contribution in [0.2, 0.25) is 0 Å². The first-order valence-electron chi connectivity index (χ1n) is 8.35. The van der Waals surface area contributed by atoms with Gasteiger partial charge in [-0.05, 0) is 19.1 Å². The Morgan fingerprint density at radius 1 is 1.46 bits per heavy atom. The van der Waals surface area contributed by atoms with Gasteiger partial charge in [0.1, 0.15) is 11.6 Å². The van der Waals surface area contributed by atoms with Gasteiger partial charge < -0.3 is 19.8 Å². The van der Waals surface area contributed by atoms with Gasteiger partial charge in [-0.3, -0.25) is 19.1 Å². The average Bonchev–Trinajstić information content (AvgIpc) is 3.22. The van der Waals surface area contributed by atoms with Crippen LogP contribution in [0.1, 0.15) is 43.4 Å². The van der Waals surface area contributed by atoms with Crippen molar-refractivity contribution >= 4 is 29.4 Å². The van der Waals surface area contributed by atoms with Crippen LogP contribution in [0.25, 0.3) is 0 Å². The SMILES string of the molecule is CCOC(=O)CCC(=O)Nc1nn(C)c2c1[C@H](c1ccco1)CC(=O)N2. The first kappa shape index (κ1) is 17.7. The van der Waals surface area contributed by atoms with E-state index in [0.29, 0.717) is 23.0 Å². The third kappa shape index (κ3) is 3.61. The Hall–Kier alpha value is -3.10. The van der Waals surface area contributed by atoms with Crippen molar-refractivity contribution in [1.82, 2.24) is 9.78 Å². The smallest absolute Gasteiger partial charge is 0.306 e. The van der Waals surface area contributed by atoms with Gasteiger partial charge in [-0.1, -0.05) is 0 Å². The maximum Gasteiger partial charge on any atom is 0.306 e. The molecule has 0 radical (unpaired) electrons. The monoisotopic (exact) mass is 360 g/mol. The Balaban J connectivity index is 1.81. The number of esters is 1. The van der Waals surface area contributed by atoms with Gasteiger partial charge in [-0.15, -0.1) is 0 Å². The number of fused-ring (bicyclic) bond motifs is 1. The molecule has 9 heteroatoms. The van der Waals surface area contributed by atoms with Crippen molar-refractivity contribution in [1.29, 1.82) is 0 Å². The summed E-state index contributed by atoms with van der Waals surface area (Å²) in [7, 11) is 1.68. The van der Waals surface area contributed by atoms with Crippen LogP contribution in [-0.4, -0.2) is 34.2 Å². The van der Waals surface area contributed by atoms with Gasteiger partial charge in [-0.2, -0.15) is 5.10 Å². The number of carbonyl (C=O) groups excluding carboxylic acids is 3. The van der Waals surface area contributed by atoms with E-state index in [1.807, 2.05) is 0 Å². The summed E-state index contributed by atoms with van der Waals surface area (Å²) >= 11 is 0. The molecule has 2 N–H and O–H groups in total. The number of anilines is 2. The summed E-state index contributed by atoms with van der Waals surface area (Å²) in [5.41, 5.74) is 0.687. The highest BCUT2D eigenvalue weighted by Gasteiger charge is 2.34. The quantitative estimate of drug-likeness (QED) is 0.759. The molecule has 138 valence electrons. The second kappa shape index (κ2) is 7.42. The van der Waals surface area contributed by atoms with E-state index >= 15 is 0 Å². The van der Waals surface area contributed by atoms with E-state index in [1.54, 1.807) is 26.1 Å². The van der Waals surface area contributed by atoms with Crippen LogP contribution in [-0.2, 0) is 26.2 Å². The van der Waals surface area contributed by atoms with Gasteiger partial charge in [0.2, 0.25) is 11.8 Å². The molecule has 2 aromatic rings. The van der Waals surface area contributed by atoms with E-state index in [0.717, 1.165) is 0 Å². The Labute approximate surface area is 149 Å². The molecular formula is C17H20N4O5. The number of amides is 2. The van der Waals surface area contributed by atoms with Crippen LogP contribution in [0.15, 0.2) is 22.8 Å². The Kier molecular flexibility index (Phi) is 5.06. The minimum Gasteiger partial charge on any atom is -0.469 e. The van der Waals surface area contributed by atoms with E-state index in [9.17, 15) is 14.4 Å². The molecule has 0 unspecified atom stereocenters. The topological polar surface area (TPSA) is 115 Å². The number of ether oxygens (including phenoxy) is 1. The third-order valence-corrected chi connectivity index (χ3v) is 4.09. The standard InChI is InChI=1S/C17H20N4O5/c1-3-25-14(24)7-6-12(22)18-16-15-10(11-5-4-8-26-11)9-13(23)19-17(15)21(2)20-16/h4-5,8,10H,3,6-7,9H2,1-2H3,(H,19,23)(H,18,20,22)/t10-/m0/s1. The van der Waals surface area contributed by atoms with Crippen LogP contribution >= 0.6 is 0 Å². The van der Waals surface area contributed by atoms with Crippen LogP contribution < -0.4 is 10.6 Å². The minimum absolute atomic E-state index is 0.00690. The second-order valence-corrected chi connectivity index (χ2v) is 5.91. The number of carbonyl (C=O) groups is 3. The van der Waals surface area contributed by atoms with E-state index in [-0.39, 0.29) is 43.6 Å². The van der Waals surface area contributed by atoms with Gasteiger partial charge in [0.05, 0.1) is 30.8 Å². The molecule has 0 fully saturated rings. The average molecular weight is 360 g/mol. The molecule has 26 heavy (non-hydrogen) atoms. The normalized spacial score (nSPS) is 15.9. The van der Waals surface area contributed by atoms with Crippen LogP contribution in [0, 0.1) is 0 Å². The summed E-state index contributed by atoms with van der Waals surface area (Å²) in [4.78, 5) is 35.6. The lowest BCUT2D eigenvalue weighted by Gasteiger charge is -2.22. The summed E-state index contributed by atoms with van der Waals surface area (Å²) < 4.78 is 11.8. The molecular weight excluding hydrogens is 340 g/mol. The van der Waals surface area contributed by atoms with Gasteiger partial charge >= 0.3 is 5.97 Å². The molecule has 0 saturated heterocycles. The van der Waals surface area contributed by atoms with Crippen molar-refractivity contribution < 1.29 is 23.5 Å². The van der Waals surface area contributed by atoms with Crippen LogP contribution in [0.4, 0.5) is 11.6 Å². The second-order valence-electron chi connectivity index (χ2n) is 5.91. The molecule has 1 aliphatic rings. The molecule has 3 rings (SSSR count). The molecule has 0 bridgehead atoms. The van der Waals surface area contributed by atoms with Gasteiger partial charge in [0.15, 0.2) is 5.82 Å². The predicted octanol–water partition coefficient (Wildman–Crippen LogP) is 1.77. The fourth-order valence-corrected chi connectivity index (χ4v) is 2.96. The van der Waals surface area contributed by atoms with Gasteiger partial charge in [-0.25, -0.2) is 0 Å². The van der Waals surface area contributed by atoms with Crippen molar-refractivity contribution in [3.8, 4) is 0 Å². The van der Waals surface area contributed by atoms with E-state index < -0.39 is 5.97 Å². The molecule has 0 spiro atoms. The summed E-state index contributed by atoms with van der Waals surface area (Å²) in [5.74, 6) is 0.211. The summed E-state index contributed by atoms with van der Waals surface area (Å²) in [6, 6.07) is 3.53.